The minimum Gasteiger partial charge on any atom is -0.494 e. The Morgan fingerprint density at radius 2 is 1.80 bits per heavy atom. The molecule has 0 spiro atoms. The molecule has 1 heterocycles. The molecule has 188 valence electrons. The second-order valence-corrected chi connectivity index (χ2v) is 10.2. The van der Waals surface area contributed by atoms with E-state index in [-0.39, 0.29) is 11.6 Å². The van der Waals surface area contributed by atoms with Crippen LogP contribution in [0.25, 0.3) is 0 Å². The number of non-ortho nitro benzene ring substituents is 1. The number of piperidine rings is 1. The summed E-state index contributed by atoms with van der Waals surface area (Å²) in [4.78, 5) is 26.7. The number of ether oxygens (including phenoxy) is 1. The lowest BCUT2D eigenvalue weighted by atomic mass is 9.68. The van der Waals surface area contributed by atoms with Crippen molar-refractivity contribution in [2.45, 2.75) is 63.7 Å². The normalized spacial score (nSPS) is 20.2. The first-order chi connectivity index (χ1) is 17.0. The first-order valence-corrected chi connectivity index (χ1v) is 13.0. The number of hydrogen-bond acceptors (Lipinski definition) is 5. The van der Waals surface area contributed by atoms with Crippen LogP contribution in [-0.2, 0) is 10.2 Å². The lowest BCUT2D eigenvalue weighted by molar-refractivity contribution is -0.384. The summed E-state index contributed by atoms with van der Waals surface area (Å²) < 4.78 is 5.93. The molecule has 7 nitrogen and oxygen atoms in total. The maximum absolute atomic E-state index is 13.5. The molecule has 2 aromatic carbocycles. The Morgan fingerprint density at radius 3 is 2.46 bits per heavy atom. The molecule has 0 aromatic heterocycles. The first kappa shape index (κ1) is 25.2. The van der Waals surface area contributed by atoms with Crippen molar-refractivity contribution in [1.82, 2.24) is 4.90 Å². The van der Waals surface area contributed by atoms with Gasteiger partial charge >= 0.3 is 0 Å². The number of carbonyl (C=O) groups is 1. The van der Waals surface area contributed by atoms with Gasteiger partial charge in [-0.15, -0.1) is 0 Å². The van der Waals surface area contributed by atoms with Crippen molar-refractivity contribution in [1.29, 1.82) is 0 Å². The summed E-state index contributed by atoms with van der Waals surface area (Å²) in [5.74, 6) is 1.55. The van der Waals surface area contributed by atoms with Crippen LogP contribution >= 0.6 is 0 Å². The van der Waals surface area contributed by atoms with Gasteiger partial charge in [-0.1, -0.05) is 38.3 Å². The van der Waals surface area contributed by atoms with Crippen LogP contribution in [0.1, 0.15) is 63.9 Å². The number of nitro benzene ring substituents is 1. The zero-order valence-corrected chi connectivity index (χ0v) is 20.7. The smallest absolute Gasteiger partial charge is 0.269 e. The van der Waals surface area contributed by atoms with Gasteiger partial charge in [0.15, 0.2) is 0 Å². The average molecular weight is 480 g/mol. The number of rotatable bonds is 9. The topological polar surface area (TPSA) is 84.7 Å². The van der Waals surface area contributed by atoms with Crippen LogP contribution in [-0.4, -0.2) is 42.0 Å². The van der Waals surface area contributed by atoms with E-state index in [1.165, 1.54) is 38.1 Å². The second kappa shape index (κ2) is 11.7. The summed E-state index contributed by atoms with van der Waals surface area (Å²) >= 11 is 0. The predicted molar refractivity (Wildman–Crippen MR) is 138 cm³/mol. The van der Waals surface area contributed by atoms with E-state index in [1.807, 2.05) is 24.3 Å². The van der Waals surface area contributed by atoms with Gasteiger partial charge in [0, 0.05) is 30.9 Å². The summed E-state index contributed by atoms with van der Waals surface area (Å²) in [5, 5.41) is 14.1. The Labute approximate surface area is 208 Å². The second-order valence-electron chi connectivity index (χ2n) is 10.2. The van der Waals surface area contributed by atoms with Crippen molar-refractivity contribution >= 4 is 17.3 Å². The minimum absolute atomic E-state index is 0.0428. The lowest BCUT2D eigenvalue weighted by Crippen LogP contribution is -2.42. The molecule has 1 atom stereocenters. The molecule has 2 fully saturated rings. The maximum atomic E-state index is 13.5. The predicted octanol–water partition coefficient (Wildman–Crippen LogP) is 5.94. The van der Waals surface area contributed by atoms with Crippen LogP contribution in [0.15, 0.2) is 48.5 Å². The molecule has 4 rings (SSSR count). The van der Waals surface area contributed by atoms with E-state index in [4.69, 9.17) is 4.74 Å². The molecule has 1 aliphatic carbocycles. The summed E-state index contributed by atoms with van der Waals surface area (Å²) in [6, 6.07) is 14.0. The van der Waals surface area contributed by atoms with E-state index < -0.39 is 10.3 Å². The molecule has 2 aliphatic rings. The van der Waals surface area contributed by atoms with Crippen LogP contribution in [0.5, 0.6) is 5.75 Å². The van der Waals surface area contributed by atoms with Gasteiger partial charge in [-0.05, 0) is 74.4 Å². The lowest BCUT2D eigenvalue weighted by Gasteiger charge is -2.36. The Morgan fingerprint density at radius 1 is 1.09 bits per heavy atom. The summed E-state index contributed by atoms with van der Waals surface area (Å²) in [6.45, 7) is 6.46. The van der Waals surface area contributed by atoms with E-state index in [0.29, 0.717) is 6.61 Å². The number of likely N-dealkylation sites (tertiary alicyclic amines) is 1. The van der Waals surface area contributed by atoms with Crippen molar-refractivity contribution < 1.29 is 14.5 Å². The number of anilines is 1. The number of benzene rings is 2. The van der Waals surface area contributed by atoms with Crippen molar-refractivity contribution in [3.8, 4) is 5.75 Å². The van der Waals surface area contributed by atoms with Gasteiger partial charge in [-0.3, -0.25) is 14.9 Å². The van der Waals surface area contributed by atoms with E-state index in [1.54, 1.807) is 12.1 Å². The molecule has 35 heavy (non-hydrogen) atoms. The van der Waals surface area contributed by atoms with Gasteiger partial charge < -0.3 is 15.0 Å². The summed E-state index contributed by atoms with van der Waals surface area (Å²) in [5.41, 5.74) is 0.968. The van der Waals surface area contributed by atoms with Gasteiger partial charge in [0.1, 0.15) is 5.75 Å². The number of nitrogens with one attached hydrogen (secondary N) is 1. The zero-order chi connectivity index (χ0) is 24.7. The SMILES string of the molecule is C[C@H]1CCCN(CCCOc2ccc(NC(=O)C3(c4ccc([N+](=O)[O-])cc4)CCCCC3)cc2)C1. The van der Waals surface area contributed by atoms with Crippen molar-refractivity contribution in [3.05, 3.63) is 64.2 Å². The molecule has 2 aromatic rings. The van der Waals surface area contributed by atoms with Crippen LogP contribution in [0.3, 0.4) is 0 Å². The number of nitrogens with zero attached hydrogens (tertiary/aromatic N) is 2. The van der Waals surface area contributed by atoms with E-state index in [2.05, 4.69) is 17.1 Å². The van der Waals surface area contributed by atoms with Crippen molar-refractivity contribution in [3.63, 3.8) is 0 Å². The van der Waals surface area contributed by atoms with Crippen molar-refractivity contribution in [2.75, 3.05) is 31.6 Å². The van der Waals surface area contributed by atoms with Gasteiger partial charge in [-0.25, -0.2) is 0 Å². The molecule has 0 unspecified atom stereocenters. The summed E-state index contributed by atoms with van der Waals surface area (Å²) in [7, 11) is 0. The Hall–Kier alpha value is -2.93. The first-order valence-electron chi connectivity index (χ1n) is 13.0. The highest BCUT2D eigenvalue weighted by Gasteiger charge is 2.41. The maximum Gasteiger partial charge on any atom is 0.269 e. The fourth-order valence-corrected chi connectivity index (χ4v) is 5.56. The van der Waals surface area contributed by atoms with Crippen LogP contribution < -0.4 is 10.1 Å². The molecular weight excluding hydrogens is 442 g/mol. The third kappa shape index (κ3) is 6.40. The number of amides is 1. The highest BCUT2D eigenvalue weighted by atomic mass is 16.6. The third-order valence-electron chi connectivity index (χ3n) is 7.51. The monoisotopic (exact) mass is 479 g/mol. The fourth-order valence-electron chi connectivity index (χ4n) is 5.56. The Kier molecular flexibility index (Phi) is 8.39. The number of carbonyl (C=O) groups excluding carboxylic acids is 1. The molecule has 0 radical (unpaired) electrons. The van der Waals surface area contributed by atoms with Gasteiger partial charge in [0.05, 0.1) is 16.9 Å². The average Bonchev–Trinajstić information content (AvgIpc) is 2.88. The molecular formula is C28H37N3O4. The van der Waals surface area contributed by atoms with Crippen LogP contribution in [0, 0.1) is 16.0 Å². The standard InChI is InChI=1S/C28H37N3O4/c1-22-7-5-18-30(21-22)19-6-20-35-26-14-10-24(11-15-26)29-27(32)28(16-3-2-4-17-28)23-8-12-25(13-9-23)31(33)34/h8-15,22H,2-7,16-21H2,1H3,(H,29,32)/t22-/m0/s1. The molecule has 1 saturated carbocycles. The van der Waals surface area contributed by atoms with E-state index in [9.17, 15) is 14.9 Å². The van der Waals surface area contributed by atoms with E-state index >= 15 is 0 Å². The highest BCUT2D eigenvalue weighted by Crippen LogP contribution is 2.41. The molecule has 1 amide bonds. The van der Waals surface area contributed by atoms with Gasteiger partial charge in [0.2, 0.25) is 5.91 Å². The highest BCUT2D eigenvalue weighted by molar-refractivity contribution is 5.99. The zero-order valence-electron chi connectivity index (χ0n) is 20.7. The Balaban J connectivity index is 1.33. The van der Waals surface area contributed by atoms with E-state index in [0.717, 1.165) is 68.0 Å². The Bertz CT molecular complexity index is 984. The molecule has 1 saturated heterocycles. The summed E-state index contributed by atoms with van der Waals surface area (Å²) in [6.07, 6.45) is 8.15. The van der Waals surface area contributed by atoms with Crippen LogP contribution in [0.4, 0.5) is 11.4 Å². The molecule has 1 N–H and O–H groups in total. The molecule has 0 bridgehead atoms. The quantitative estimate of drug-likeness (QED) is 0.273. The minimum atomic E-state index is -0.658. The fraction of sp³-hybridized carbons (Fsp3) is 0.536. The molecule has 1 aliphatic heterocycles. The van der Waals surface area contributed by atoms with Gasteiger partial charge in [0.25, 0.3) is 5.69 Å². The largest absolute Gasteiger partial charge is 0.494 e. The van der Waals surface area contributed by atoms with Crippen molar-refractivity contribution in [2.24, 2.45) is 5.92 Å². The van der Waals surface area contributed by atoms with Crippen LogP contribution in [0.2, 0.25) is 0 Å². The molecule has 7 heteroatoms. The number of hydrogen-bond donors (Lipinski definition) is 1. The number of nitro groups is 1. The van der Waals surface area contributed by atoms with Gasteiger partial charge in [-0.2, -0.15) is 0 Å². The third-order valence-corrected chi connectivity index (χ3v) is 7.51.